The van der Waals surface area contributed by atoms with Crippen molar-refractivity contribution < 1.29 is 36.2 Å². The quantitative estimate of drug-likeness (QED) is 0.783. The van der Waals surface area contributed by atoms with Crippen molar-refractivity contribution in [1.82, 2.24) is 4.72 Å². The molecule has 0 aliphatic rings. The molecule has 130 valence electrons. The van der Waals surface area contributed by atoms with Crippen LogP contribution in [0.5, 0.6) is 5.75 Å². The molecule has 6 nitrogen and oxygen atoms in total. The van der Waals surface area contributed by atoms with Crippen LogP contribution >= 0.6 is 0 Å². The molecule has 23 heavy (non-hydrogen) atoms. The number of ether oxygens (including phenoxy) is 1. The molecule has 1 aromatic rings. The van der Waals surface area contributed by atoms with Gasteiger partial charge in [-0.2, -0.15) is 4.72 Å². The first kappa shape index (κ1) is 19.2. The van der Waals surface area contributed by atoms with E-state index in [1.165, 1.54) is 0 Å². The summed E-state index contributed by atoms with van der Waals surface area (Å²) in [6.45, 7) is 3.42. The molecule has 0 fully saturated rings. The summed E-state index contributed by atoms with van der Waals surface area (Å²) in [4.78, 5) is 10.6. The maximum atomic E-state index is 12.2. The Bertz CT molecular complexity index is 658. The minimum atomic E-state index is -4.96. The number of sulfonamides is 1. The number of nitrogens with one attached hydrogen (secondary N) is 1. The van der Waals surface area contributed by atoms with Crippen molar-refractivity contribution in [2.45, 2.75) is 37.6 Å². The van der Waals surface area contributed by atoms with Gasteiger partial charge in [-0.15, -0.1) is 13.2 Å². The number of carboxylic acids is 1. The Labute approximate surface area is 131 Å². The van der Waals surface area contributed by atoms with Gasteiger partial charge in [-0.25, -0.2) is 8.42 Å². The summed E-state index contributed by atoms with van der Waals surface area (Å²) in [5.41, 5.74) is 0. The van der Waals surface area contributed by atoms with Crippen molar-refractivity contribution in [2.24, 2.45) is 5.92 Å². The molecular weight excluding hydrogens is 339 g/mol. The number of carboxylic acid groups (broad SMARTS) is 1. The number of aliphatic carboxylic acids is 1. The van der Waals surface area contributed by atoms with E-state index >= 15 is 0 Å². The number of hydrogen-bond donors (Lipinski definition) is 2. The maximum absolute atomic E-state index is 12.2. The SMILES string of the molecule is CC(C)CC(NS(=O)(=O)c1cccc(OC(F)(F)F)c1)C(=O)O. The molecule has 1 rings (SSSR count). The molecule has 10 heteroatoms. The Morgan fingerprint density at radius 3 is 2.43 bits per heavy atom. The van der Waals surface area contributed by atoms with E-state index in [4.69, 9.17) is 5.11 Å². The average molecular weight is 355 g/mol. The molecule has 0 saturated heterocycles. The van der Waals surface area contributed by atoms with Crippen LogP contribution in [-0.2, 0) is 14.8 Å². The monoisotopic (exact) mass is 355 g/mol. The van der Waals surface area contributed by atoms with Crippen LogP contribution in [0, 0.1) is 5.92 Å². The molecule has 0 aromatic heterocycles. The lowest BCUT2D eigenvalue weighted by Crippen LogP contribution is -2.41. The zero-order chi connectivity index (χ0) is 17.8. The Kier molecular flexibility index (Phi) is 6.00. The lowest BCUT2D eigenvalue weighted by molar-refractivity contribution is -0.274. The highest BCUT2D eigenvalue weighted by Crippen LogP contribution is 2.25. The van der Waals surface area contributed by atoms with Crippen molar-refractivity contribution in [2.75, 3.05) is 0 Å². The largest absolute Gasteiger partial charge is 0.573 e. The Balaban J connectivity index is 3.03. The second kappa shape index (κ2) is 7.18. The molecule has 0 heterocycles. The van der Waals surface area contributed by atoms with Gasteiger partial charge in [0.25, 0.3) is 0 Å². The molecule has 0 aliphatic heterocycles. The predicted molar refractivity (Wildman–Crippen MR) is 74.3 cm³/mol. The summed E-state index contributed by atoms with van der Waals surface area (Å²) in [5.74, 6) is -2.18. The smallest absolute Gasteiger partial charge is 0.480 e. The van der Waals surface area contributed by atoms with Gasteiger partial charge < -0.3 is 9.84 Å². The molecule has 0 spiro atoms. The highest BCUT2D eigenvalue weighted by atomic mass is 32.2. The summed E-state index contributed by atoms with van der Waals surface area (Å²) in [5, 5.41) is 9.04. The number of halogens is 3. The summed E-state index contributed by atoms with van der Waals surface area (Å²) >= 11 is 0. The Morgan fingerprint density at radius 2 is 1.96 bits per heavy atom. The zero-order valence-corrected chi connectivity index (χ0v) is 13.1. The first-order chi connectivity index (χ1) is 10.4. The van der Waals surface area contributed by atoms with Gasteiger partial charge in [0.2, 0.25) is 10.0 Å². The molecule has 0 radical (unpaired) electrons. The van der Waals surface area contributed by atoms with Gasteiger partial charge in [-0.1, -0.05) is 19.9 Å². The normalized spacial score (nSPS) is 13.8. The highest BCUT2D eigenvalue weighted by molar-refractivity contribution is 7.89. The molecule has 1 aromatic carbocycles. The van der Waals surface area contributed by atoms with Crippen molar-refractivity contribution in [3.8, 4) is 5.75 Å². The van der Waals surface area contributed by atoms with Gasteiger partial charge in [0.05, 0.1) is 4.90 Å². The standard InChI is InChI=1S/C13H16F3NO5S/c1-8(2)6-11(12(18)19)17-23(20,21)10-5-3-4-9(7-10)22-13(14,15)16/h3-5,7-8,11,17H,6H2,1-2H3,(H,18,19). The number of carbonyl (C=O) groups is 1. The van der Waals surface area contributed by atoms with Crippen molar-refractivity contribution >= 4 is 16.0 Å². The summed E-state index contributed by atoms with van der Waals surface area (Å²) in [6, 6.07) is 2.33. The molecule has 2 N–H and O–H groups in total. The van der Waals surface area contributed by atoms with Crippen LogP contribution in [0.1, 0.15) is 20.3 Å². The minimum absolute atomic E-state index is 0.0350. The third-order valence-electron chi connectivity index (χ3n) is 2.65. The second-order valence-electron chi connectivity index (χ2n) is 5.16. The fraction of sp³-hybridized carbons (Fsp3) is 0.462. The van der Waals surface area contributed by atoms with Gasteiger partial charge in [0.1, 0.15) is 11.8 Å². The van der Waals surface area contributed by atoms with E-state index in [1.54, 1.807) is 13.8 Å². The highest BCUT2D eigenvalue weighted by Gasteiger charge is 2.32. The van der Waals surface area contributed by atoms with Gasteiger partial charge in [-0.05, 0) is 24.5 Å². The molecule has 0 aliphatic carbocycles. The molecule has 1 unspecified atom stereocenters. The van der Waals surface area contributed by atoms with Crippen LogP contribution in [-0.4, -0.2) is 31.9 Å². The van der Waals surface area contributed by atoms with Gasteiger partial charge >= 0.3 is 12.3 Å². The van der Waals surface area contributed by atoms with Crippen LogP contribution in [0.15, 0.2) is 29.2 Å². The van der Waals surface area contributed by atoms with Crippen molar-refractivity contribution in [3.05, 3.63) is 24.3 Å². The molecule has 0 amide bonds. The first-order valence-electron chi connectivity index (χ1n) is 6.51. The third-order valence-corrected chi connectivity index (χ3v) is 4.12. The lowest BCUT2D eigenvalue weighted by Gasteiger charge is -2.17. The van der Waals surface area contributed by atoms with E-state index in [2.05, 4.69) is 4.74 Å². The number of hydrogen-bond acceptors (Lipinski definition) is 4. The Hall–Kier alpha value is -1.81. The summed E-state index contributed by atoms with van der Waals surface area (Å²) in [7, 11) is -4.31. The molecule has 1 atom stereocenters. The predicted octanol–water partition coefficient (Wildman–Crippen LogP) is 2.36. The third kappa shape index (κ3) is 6.45. The van der Waals surface area contributed by atoms with Crippen LogP contribution in [0.4, 0.5) is 13.2 Å². The van der Waals surface area contributed by atoms with Crippen LogP contribution in [0.2, 0.25) is 0 Å². The summed E-state index contributed by atoms with van der Waals surface area (Å²) in [6.07, 6.45) is -4.93. The topological polar surface area (TPSA) is 92.7 Å². The minimum Gasteiger partial charge on any atom is -0.480 e. The molecule has 0 saturated carbocycles. The van der Waals surface area contributed by atoms with Gasteiger partial charge in [0.15, 0.2) is 0 Å². The zero-order valence-electron chi connectivity index (χ0n) is 12.3. The van der Waals surface area contributed by atoms with Crippen LogP contribution in [0.3, 0.4) is 0 Å². The fourth-order valence-electron chi connectivity index (χ4n) is 1.76. The van der Waals surface area contributed by atoms with Crippen LogP contribution < -0.4 is 9.46 Å². The first-order valence-corrected chi connectivity index (χ1v) is 8.00. The summed E-state index contributed by atoms with van der Waals surface area (Å²) < 4.78 is 66.4. The lowest BCUT2D eigenvalue weighted by atomic mass is 10.1. The van der Waals surface area contributed by atoms with E-state index in [-0.39, 0.29) is 12.3 Å². The van der Waals surface area contributed by atoms with Gasteiger partial charge in [0, 0.05) is 6.07 Å². The second-order valence-corrected chi connectivity index (χ2v) is 6.88. The maximum Gasteiger partial charge on any atom is 0.573 e. The average Bonchev–Trinajstić information content (AvgIpc) is 2.35. The van der Waals surface area contributed by atoms with Gasteiger partial charge in [-0.3, -0.25) is 4.79 Å². The number of benzene rings is 1. The van der Waals surface area contributed by atoms with E-state index in [1.807, 2.05) is 4.72 Å². The van der Waals surface area contributed by atoms with E-state index in [0.29, 0.717) is 6.07 Å². The number of rotatable bonds is 7. The van der Waals surface area contributed by atoms with E-state index in [9.17, 15) is 26.4 Å². The molecule has 0 bridgehead atoms. The number of alkyl halides is 3. The Morgan fingerprint density at radius 1 is 1.35 bits per heavy atom. The van der Waals surface area contributed by atoms with Crippen LogP contribution in [0.25, 0.3) is 0 Å². The van der Waals surface area contributed by atoms with Crippen molar-refractivity contribution in [3.63, 3.8) is 0 Å². The fourth-order valence-corrected chi connectivity index (χ4v) is 3.00. The van der Waals surface area contributed by atoms with E-state index in [0.717, 1.165) is 18.2 Å². The van der Waals surface area contributed by atoms with Crippen molar-refractivity contribution in [1.29, 1.82) is 0 Å². The van der Waals surface area contributed by atoms with E-state index < -0.39 is 39.0 Å². The molecular formula is C13H16F3NO5S.